The average Bonchev–Trinajstić information content (AvgIpc) is 3.10. The van der Waals surface area contributed by atoms with Crippen LogP contribution < -0.4 is 5.32 Å². The molecule has 3 rings (SSSR count). The first-order valence-corrected chi connectivity index (χ1v) is 7.24. The lowest BCUT2D eigenvalue weighted by Gasteiger charge is -2.15. The number of benzene rings is 1. The van der Waals surface area contributed by atoms with Crippen LogP contribution in [0.4, 0.5) is 5.69 Å². The minimum atomic E-state index is 0.754. The van der Waals surface area contributed by atoms with Crippen molar-refractivity contribution in [3.63, 3.8) is 0 Å². The summed E-state index contributed by atoms with van der Waals surface area (Å²) in [5, 5.41) is 8.58. The Morgan fingerprint density at radius 2 is 2.16 bits per heavy atom. The molecule has 0 radical (unpaired) electrons. The Hall–Kier alpha value is -1.48. The third-order valence-corrected chi connectivity index (χ3v) is 4.00. The molecule has 1 fully saturated rings. The lowest BCUT2D eigenvalue weighted by molar-refractivity contribution is 0.579. The van der Waals surface area contributed by atoms with Gasteiger partial charge in [-0.1, -0.05) is 24.4 Å². The zero-order valence-corrected chi connectivity index (χ0v) is 11.6. The van der Waals surface area contributed by atoms with Crippen molar-refractivity contribution in [3.8, 4) is 5.69 Å². The summed E-state index contributed by atoms with van der Waals surface area (Å²) < 4.78 is 1.87. The molecule has 0 amide bonds. The van der Waals surface area contributed by atoms with Gasteiger partial charge < -0.3 is 5.32 Å². The molecule has 2 aromatic rings. The van der Waals surface area contributed by atoms with Crippen LogP contribution in [0.5, 0.6) is 0 Å². The molecule has 1 heterocycles. The van der Waals surface area contributed by atoms with Gasteiger partial charge in [0.15, 0.2) is 0 Å². The van der Waals surface area contributed by atoms with Crippen LogP contribution in [0, 0.1) is 5.92 Å². The Morgan fingerprint density at radius 1 is 1.32 bits per heavy atom. The third-order valence-electron chi connectivity index (χ3n) is 3.77. The number of halogens is 1. The maximum absolute atomic E-state index is 6.10. The molecule has 19 heavy (non-hydrogen) atoms. The predicted molar refractivity (Wildman–Crippen MR) is 79.0 cm³/mol. The fourth-order valence-corrected chi connectivity index (χ4v) is 2.90. The SMILES string of the molecule is Clc1ccc(-n2cccn2)c(NCC2CCCC2)c1. The molecule has 1 aromatic carbocycles. The van der Waals surface area contributed by atoms with Crippen LogP contribution in [-0.4, -0.2) is 16.3 Å². The minimum absolute atomic E-state index is 0.754. The number of aromatic nitrogens is 2. The Balaban J connectivity index is 1.80. The molecule has 0 atom stereocenters. The molecule has 3 nitrogen and oxygen atoms in total. The van der Waals surface area contributed by atoms with E-state index in [9.17, 15) is 0 Å². The zero-order valence-electron chi connectivity index (χ0n) is 10.8. The normalized spacial score (nSPS) is 15.8. The molecule has 1 aromatic heterocycles. The van der Waals surface area contributed by atoms with Crippen molar-refractivity contribution in [3.05, 3.63) is 41.7 Å². The van der Waals surface area contributed by atoms with E-state index in [1.54, 1.807) is 6.20 Å². The highest BCUT2D eigenvalue weighted by atomic mass is 35.5. The summed E-state index contributed by atoms with van der Waals surface area (Å²) in [5.74, 6) is 0.796. The fraction of sp³-hybridized carbons (Fsp3) is 0.400. The van der Waals surface area contributed by atoms with Crippen molar-refractivity contribution >= 4 is 17.3 Å². The van der Waals surface area contributed by atoms with Crippen LogP contribution in [0.25, 0.3) is 5.69 Å². The molecule has 0 saturated heterocycles. The summed E-state index contributed by atoms with van der Waals surface area (Å²) in [5.41, 5.74) is 2.11. The van der Waals surface area contributed by atoms with Crippen LogP contribution >= 0.6 is 11.6 Å². The lowest BCUT2D eigenvalue weighted by Crippen LogP contribution is -2.12. The van der Waals surface area contributed by atoms with E-state index in [1.807, 2.05) is 35.1 Å². The van der Waals surface area contributed by atoms with Gasteiger partial charge in [-0.2, -0.15) is 5.10 Å². The van der Waals surface area contributed by atoms with Gasteiger partial charge in [0.1, 0.15) is 0 Å². The van der Waals surface area contributed by atoms with Crippen molar-refractivity contribution in [2.75, 3.05) is 11.9 Å². The molecule has 0 unspecified atom stereocenters. The van der Waals surface area contributed by atoms with Crippen LogP contribution in [0.1, 0.15) is 25.7 Å². The number of hydrogen-bond acceptors (Lipinski definition) is 2. The van der Waals surface area contributed by atoms with Gasteiger partial charge in [0.25, 0.3) is 0 Å². The summed E-state index contributed by atoms with van der Waals surface area (Å²) in [6.07, 6.45) is 9.15. The number of hydrogen-bond donors (Lipinski definition) is 1. The monoisotopic (exact) mass is 275 g/mol. The van der Waals surface area contributed by atoms with Gasteiger partial charge in [-0.25, -0.2) is 4.68 Å². The maximum atomic E-state index is 6.10. The average molecular weight is 276 g/mol. The highest BCUT2D eigenvalue weighted by Gasteiger charge is 2.15. The first-order chi connectivity index (χ1) is 9.33. The van der Waals surface area contributed by atoms with Gasteiger partial charge in [0, 0.05) is 24.0 Å². The predicted octanol–water partition coefficient (Wildman–Crippen LogP) is 4.13. The quantitative estimate of drug-likeness (QED) is 0.909. The number of nitrogens with one attached hydrogen (secondary N) is 1. The highest BCUT2D eigenvalue weighted by Crippen LogP contribution is 2.28. The Bertz CT molecular complexity index is 530. The summed E-state index contributed by atoms with van der Waals surface area (Å²) in [4.78, 5) is 0. The topological polar surface area (TPSA) is 29.9 Å². The molecule has 1 aliphatic carbocycles. The van der Waals surface area contributed by atoms with E-state index in [-0.39, 0.29) is 0 Å². The molecule has 1 saturated carbocycles. The van der Waals surface area contributed by atoms with Crippen LogP contribution in [0.2, 0.25) is 5.02 Å². The standard InChI is InChI=1S/C15H18ClN3/c16-13-6-7-15(19-9-3-8-18-19)14(10-13)17-11-12-4-1-2-5-12/h3,6-10,12,17H,1-2,4-5,11H2. The maximum Gasteiger partial charge on any atom is 0.0877 e. The van der Waals surface area contributed by atoms with Crippen molar-refractivity contribution in [1.82, 2.24) is 9.78 Å². The van der Waals surface area contributed by atoms with Gasteiger partial charge in [0.2, 0.25) is 0 Å². The number of nitrogens with zero attached hydrogens (tertiary/aromatic N) is 2. The lowest BCUT2D eigenvalue weighted by atomic mass is 10.1. The first kappa shape index (κ1) is 12.5. The smallest absolute Gasteiger partial charge is 0.0877 e. The first-order valence-electron chi connectivity index (χ1n) is 6.86. The Morgan fingerprint density at radius 3 is 2.89 bits per heavy atom. The molecule has 100 valence electrons. The van der Waals surface area contributed by atoms with Gasteiger partial charge in [-0.15, -0.1) is 0 Å². The van der Waals surface area contributed by atoms with Crippen molar-refractivity contribution < 1.29 is 0 Å². The van der Waals surface area contributed by atoms with E-state index < -0.39 is 0 Å². The second-order valence-corrected chi connectivity index (χ2v) is 5.58. The number of rotatable bonds is 4. The van der Waals surface area contributed by atoms with E-state index in [4.69, 9.17) is 11.6 Å². The Labute approximate surface area is 118 Å². The third kappa shape index (κ3) is 2.92. The van der Waals surface area contributed by atoms with Crippen molar-refractivity contribution in [1.29, 1.82) is 0 Å². The molecule has 1 N–H and O–H groups in total. The van der Waals surface area contributed by atoms with Crippen LogP contribution in [-0.2, 0) is 0 Å². The summed E-state index contributed by atoms with van der Waals surface area (Å²) in [6.45, 7) is 1.02. The second kappa shape index (κ2) is 5.66. The summed E-state index contributed by atoms with van der Waals surface area (Å²) in [7, 11) is 0. The van der Waals surface area contributed by atoms with E-state index >= 15 is 0 Å². The van der Waals surface area contributed by atoms with E-state index in [0.717, 1.165) is 28.9 Å². The minimum Gasteiger partial charge on any atom is -0.383 e. The Kier molecular flexibility index (Phi) is 3.74. The second-order valence-electron chi connectivity index (χ2n) is 5.14. The van der Waals surface area contributed by atoms with E-state index in [0.29, 0.717) is 0 Å². The van der Waals surface area contributed by atoms with Crippen LogP contribution in [0.3, 0.4) is 0 Å². The van der Waals surface area contributed by atoms with Gasteiger partial charge in [0.05, 0.1) is 11.4 Å². The van der Waals surface area contributed by atoms with E-state index in [1.165, 1.54) is 25.7 Å². The van der Waals surface area contributed by atoms with Gasteiger partial charge in [-0.3, -0.25) is 0 Å². The van der Waals surface area contributed by atoms with Gasteiger partial charge >= 0.3 is 0 Å². The summed E-state index contributed by atoms with van der Waals surface area (Å²) >= 11 is 6.10. The van der Waals surface area contributed by atoms with Crippen molar-refractivity contribution in [2.24, 2.45) is 5.92 Å². The molecule has 0 spiro atoms. The summed E-state index contributed by atoms with van der Waals surface area (Å²) in [6, 6.07) is 7.81. The molecular weight excluding hydrogens is 258 g/mol. The highest BCUT2D eigenvalue weighted by molar-refractivity contribution is 6.31. The zero-order chi connectivity index (χ0) is 13.1. The molecule has 1 aliphatic rings. The van der Waals surface area contributed by atoms with E-state index in [2.05, 4.69) is 10.4 Å². The van der Waals surface area contributed by atoms with Gasteiger partial charge in [-0.05, 0) is 43.0 Å². The molecule has 0 bridgehead atoms. The molecule has 4 heteroatoms. The van der Waals surface area contributed by atoms with Crippen LogP contribution in [0.15, 0.2) is 36.7 Å². The molecular formula is C15H18ClN3. The number of anilines is 1. The molecule has 0 aliphatic heterocycles. The fourth-order valence-electron chi connectivity index (χ4n) is 2.73. The van der Waals surface area contributed by atoms with Crippen molar-refractivity contribution in [2.45, 2.75) is 25.7 Å². The largest absolute Gasteiger partial charge is 0.383 e.